The van der Waals surface area contributed by atoms with Crippen LogP contribution in [-0.2, 0) is 11.3 Å². The van der Waals surface area contributed by atoms with E-state index in [4.69, 9.17) is 10.6 Å². The van der Waals surface area contributed by atoms with Crippen LogP contribution < -0.4 is 11.3 Å². The molecule has 0 aliphatic carbocycles. The number of aromatic nitrogens is 4. The fourth-order valence-corrected chi connectivity index (χ4v) is 1.32. The van der Waals surface area contributed by atoms with Gasteiger partial charge in [0.2, 0.25) is 0 Å². The number of hydrogen-bond donors (Lipinski definition) is 2. The number of nitrogen functional groups attached to an aromatic ring is 1. The van der Waals surface area contributed by atoms with Crippen LogP contribution in [0.15, 0.2) is 24.7 Å². The number of nitrogens with zero attached hydrogens (tertiary/aromatic N) is 4. The molecule has 7 heteroatoms. The van der Waals surface area contributed by atoms with E-state index in [1.807, 2.05) is 0 Å². The smallest absolute Gasteiger partial charge is 0.182 e. The van der Waals surface area contributed by atoms with Crippen molar-refractivity contribution in [3.8, 4) is 11.5 Å². The summed E-state index contributed by atoms with van der Waals surface area (Å²) in [4.78, 5) is 16.6. The topological polar surface area (TPSA) is 98.8 Å². The summed E-state index contributed by atoms with van der Waals surface area (Å²) < 4.78 is 5.02. The first-order chi connectivity index (χ1) is 8.33. The lowest BCUT2D eigenvalue weighted by Gasteiger charge is -2.06. The van der Waals surface area contributed by atoms with Gasteiger partial charge in [-0.2, -0.15) is 0 Å². The van der Waals surface area contributed by atoms with Gasteiger partial charge in [-0.15, -0.1) is 0 Å². The standard InChI is InChI=1S/C10H12N6O/c1-17-6-7-4-9(16-11)15-10(14-7)8-5-12-2-3-13-8/h2-5H,6,11H2,1H3,(H,14,15,16). The zero-order valence-corrected chi connectivity index (χ0v) is 9.29. The van der Waals surface area contributed by atoms with Gasteiger partial charge < -0.3 is 10.2 Å². The highest BCUT2D eigenvalue weighted by Gasteiger charge is 2.07. The second-order valence-corrected chi connectivity index (χ2v) is 3.24. The number of nitrogens with two attached hydrogens (primary N) is 1. The second-order valence-electron chi connectivity index (χ2n) is 3.24. The van der Waals surface area contributed by atoms with Crippen LogP contribution in [0.1, 0.15) is 5.69 Å². The first-order valence-corrected chi connectivity index (χ1v) is 4.93. The minimum absolute atomic E-state index is 0.379. The van der Waals surface area contributed by atoms with Gasteiger partial charge in [0.1, 0.15) is 11.5 Å². The molecule has 0 aliphatic rings. The average Bonchev–Trinajstić information content (AvgIpc) is 2.40. The van der Waals surface area contributed by atoms with Crippen LogP contribution in [0, 0.1) is 0 Å². The molecule has 2 aromatic rings. The normalized spacial score (nSPS) is 10.2. The van der Waals surface area contributed by atoms with E-state index in [9.17, 15) is 0 Å². The van der Waals surface area contributed by atoms with Crippen LogP contribution in [0.25, 0.3) is 11.5 Å². The Morgan fingerprint density at radius 3 is 2.88 bits per heavy atom. The number of hydrazine groups is 1. The molecule has 7 nitrogen and oxygen atoms in total. The summed E-state index contributed by atoms with van der Waals surface area (Å²) in [5.41, 5.74) is 3.78. The molecule has 0 atom stereocenters. The lowest BCUT2D eigenvalue weighted by Crippen LogP contribution is -2.11. The summed E-state index contributed by atoms with van der Waals surface area (Å²) in [6.45, 7) is 0.379. The maximum Gasteiger partial charge on any atom is 0.182 e. The van der Waals surface area contributed by atoms with Crippen molar-refractivity contribution >= 4 is 5.82 Å². The van der Waals surface area contributed by atoms with Gasteiger partial charge in [-0.1, -0.05) is 0 Å². The average molecular weight is 232 g/mol. The Bertz CT molecular complexity index is 489. The van der Waals surface area contributed by atoms with Crippen molar-refractivity contribution < 1.29 is 4.74 Å². The van der Waals surface area contributed by atoms with Crippen LogP contribution in [0.3, 0.4) is 0 Å². The van der Waals surface area contributed by atoms with Crippen LogP contribution in [0.2, 0.25) is 0 Å². The monoisotopic (exact) mass is 232 g/mol. The summed E-state index contributed by atoms with van der Waals surface area (Å²) in [5, 5.41) is 0. The molecular weight excluding hydrogens is 220 g/mol. The Morgan fingerprint density at radius 1 is 1.35 bits per heavy atom. The third-order valence-corrected chi connectivity index (χ3v) is 2.01. The van der Waals surface area contributed by atoms with Gasteiger partial charge in [-0.05, 0) is 0 Å². The van der Waals surface area contributed by atoms with E-state index in [-0.39, 0.29) is 0 Å². The fourth-order valence-electron chi connectivity index (χ4n) is 1.32. The summed E-state index contributed by atoms with van der Waals surface area (Å²) in [6, 6.07) is 1.71. The first kappa shape index (κ1) is 11.4. The minimum Gasteiger partial charge on any atom is -0.378 e. The largest absolute Gasteiger partial charge is 0.378 e. The van der Waals surface area contributed by atoms with Crippen molar-refractivity contribution in [2.45, 2.75) is 6.61 Å². The van der Waals surface area contributed by atoms with Gasteiger partial charge in [0.05, 0.1) is 18.5 Å². The molecule has 88 valence electrons. The lowest BCUT2D eigenvalue weighted by molar-refractivity contribution is 0.181. The Hall–Kier alpha value is -2.12. The van der Waals surface area contributed by atoms with Crippen LogP contribution in [-0.4, -0.2) is 27.0 Å². The third kappa shape index (κ3) is 2.71. The molecule has 0 saturated carbocycles. The summed E-state index contributed by atoms with van der Waals surface area (Å²) >= 11 is 0. The number of methoxy groups -OCH3 is 1. The van der Waals surface area contributed by atoms with E-state index >= 15 is 0 Å². The van der Waals surface area contributed by atoms with Crippen molar-refractivity contribution in [2.75, 3.05) is 12.5 Å². The maximum absolute atomic E-state index is 5.34. The SMILES string of the molecule is COCc1cc(NN)nc(-c2cnccn2)n1. The molecule has 17 heavy (non-hydrogen) atoms. The molecule has 0 fully saturated rings. The second kappa shape index (κ2) is 5.28. The molecule has 0 unspecified atom stereocenters. The molecule has 0 amide bonds. The Kier molecular flexibility index (Phi) is 3.53. The highest BCUT2D eigenvalue weighted by atomic mass is 16.5. The molecule has 2 rings (SSSR count). The van der Waals surface area contributed by atoms with Crippen LogP contribution in [0.5, 0.6) is 0 Å². The van der Waals surface area contributed by atoms with E-state index in [1.54, 1.807) is 31.8 Å². The highest BCUT2D eigenvalue weighted by molar-refractivity contribution is 5.51. The van der Waals surface area contributed by atoms with E-state index < -0.39 is 0 Å². The molecule has 0 radical (unpaired) electrons. The minimum atomic E-state index is 0.379. The molecule has 0 bridgehead atoms. The van der Waals surface area contributed by atoms with E-state index in [2.05, 4.69) is 25.4 Å². The number of hydrogen-bond acceptors (Lipinski definition) is 7. The Morgan fingerprint density at radius 2 is 2.24 bits per heavy atom. The predicted molar refractivity (Wildman–Crippen MR) is 61.6 cm³/mol. The van der Waals surface area contributed by atoms with Gasteiger partial charge in [0, 0.05) is 25.6 Å². The summed E-state index contributed by atoms with van der Waals surface area (Å²) in [6.07, 6.45) is 4.76. The molecule has 3 N–H and O–H groups in total. The quantitative estimate of drug-likeness (QED) is 0.580. The Balaban J connectivity index is 2.43. The van der Waals surface area contributed by atoms with E-state index in [0.717, 1.165) is 5.69 Å². The molecule has 2 heterocycles. The van der Waals surface area contributed by atoms with Gasteiger partial charge >= 0.3 is 0 Å². The zero-order valence-electron chi connectivity index (χ0n) is 9.29. The molecule has 0 aromatic carbocycles. The summed E-state index contributed by atoms with van der Waals surface area (Å²) in [7, 11) is 1.60. The third-order valence-electron chi connectivity index (χ3n) is 2.01. The lowest BCUT2D eigenvalue weighted by atomic mass is 10.3. The molecular formula is C10H12N6O. The molecule has 0 aliphatic heterocycles. The van der Waals surface area contributed by atoms with Gasteiger partial charge in [-0.3, -0.25) is 4.98 Å². The van der Waals surface area contributed by atoms with Crippen molar-refractivity contribution in [1.82, 2.24) is 19.9 Å². The van der Waals surface area contributed by atoms with E-state index in [1.165, 1.54) is 0 Å². The number of ether oxygens (including phenoxy) is 1. The zero-order chi connectivity index (χ0) is 12.1. The van der Waals surface area contributed by atoms with Crippen LogP contribution >= 0.6 is 0 Å². The van der Waals surface area contributed by atoms with E-state index in [0.29, 0.717) is 23.9 Å². The van der Waals surface area contributed by atoms with Crippen molar-refractivity contribution in [3.63, 3.8) is 0 Å². The molecule has 0 saturated heterocycles. The van der Waals surface area contributed by atoms with Crippen molar-refractivity contribution in [1.29, 1.82) is 0 Å². The molecule has 2 aromatic heterocycles. The molecule has 0 spiro atoms. The van der Waals surface area contributed by atoms with Crippen molar-refractivity contribution in [3.05, 3.63) is 30.4 Å². The van der Waals surface area contributed by atoms with Gasteiger partial charge in [-0.25, -0.2) is 20.8 Å². The highest BCUT2D eigenvalue weighted by Crippen LogP contribution is 2.14. The predicted octanol–water partition coefficient (Wildman–Crippen LogP) is 0.366. The number of nitrogens with one attached hydrogen (secondary N) is 1. The number of anilines is 1. The first-order valence-electron chi connectivity index (χ1n) is 4.93. The number of rotatable bonds is 4. The van der Waals surface area contributed by atoms with Gasteiger partial charge in [0.25, 0.3) is 0 Å². The Labute approximate surface area is 98.1 Å². The van der Waals surface area contributed by atoms with Crippen LogP contribution in [0.4, 0.5) is 5.82 Å². The fraction of sp³-hybridized carbons (Fsp3) is 0.200. The summed E-state index contributed by atoms with van der Waals surface area (Å²) in [5.74, 6) is 6.31. The maximum atomic E-state index is 5.34. The van der Waals surface area contributed by atoms with Gasteiger partial charge in [0.15, 0.2) is 5.82 Å². The van der Waals surface area contributed by atoms with Crippen molar-refractivity contribution in [2.24, 2.45) is 5.84 Å².